The number of rotatable bonds is 4. The van der Waals surface area contributed by atoms with Gasteiger partial charge in [-0.1, -0.05) is 23.2 Å². The van der Waals surface area contributed by atoms with Crippen LogP contribution in [0.15, 0.2) is 18.2 Å². The summed E-state index contributed by atoms with van der Waals surface area (Å²) in [5.41, 5.74) is 0.360. The molecule has 0 aliphatic carbocycles. The number of nitrogens with zero attached hydrogens (tertiary/aromatic N) is 1. The van der Waals surface area contributed by atoms with Crippen LogP contribution >= 0.6 is 23.2 Å². The molecule has 19 heavy (non-hydrogen) atoms. The summed E-state index contributed by atoms with van der Waals surface area (Å²) in [7, 11) is 0. The van der Waals surface area contributed by atoms with E-state index < -0.39 is 5.97 Å². The van der Waals surface area contributed by atoms with Crippen LogP contribution in [-0.2, 0) is 4.74 Å². The molecule has 0 spiro atoms. The number of carbonyl (C=O) groups is 1. The topological polar surface area (TPSA) is 29.5 Å². The van der Waals surface area contributed by atoms with Gasteiger partial charge in [-0.25, -0.2) is 4.79 Å². The quantitative estimate of drug-likeness (QED) is 0.795. The minimum absolute atomic E-state index is 0.141. The van der Waals surface area contributed by atoms with Crippen molar-refractivity contribution in [3.63, 3.8) is 0 Å². The van der Waals surface area contributed by atoms with Crippen molar-refractivity contribution in [2.45, 2.75) is 25.9 Å². The van der Waals surface area contributed by atoms with E-state index in [4.69, 9.17) is 27.9 Å². The van der Waals surface area contributed by atoms with Crippen molar-refractivity contribution >= 4 is 29.2 Å². The van der Waals surface area contributed by atoms with Crippen molar-refractivity contribution in [3.05, 3.63) is 33.8 Å². The molecule has 3 nitrogen and oxygen atoms in total. The van der Waals surface area contributed by atoms with Crippen LogP contribution in [-0.4, -0.2) is 36.6 Å². The minimum Gasteiger partial charge on any atom is -0.458 e. The van der Waals surface area contributed by atoms with Crippen molar-refractivity contribution < 1.29 is 9.53 Å². The lowest BCUT2D eigenvalue weighted by Crippen LogP contribution is -2.31. The van der Waals surface area contributed by atoms with Gasteiger partial charge < -0.3 is 4.74 Å². The highest BCUT2D eigenvalue weighted by Crippen LogP contribution is 2.22. The molecule has 104 valence electrons. The lowest BCUT2D eigenvalue weighted by Gasteiger charge is -2.20. The highest BCUT2D eigenvalue weighted by molar-refractivity contribution is 6.36. The number of ether oxygens (including phenoxy) is 1. The minimum atomic E-state index is -0.395. The molecular formula is C14H17Cl2NO2. The SMILES string of the molecule is C[C@@H](CN1CCCC1)OC(=O)c1ccc(Cl)cc1Cl. The first kappa shape index (κ1) is 14.6. The third-order valence-corrected chi connectivity index (χ3v) is 3.72. The molecule has 0 saturated carbocycles. The van der Waals surface area contributed by atoms with Gasteiger partial charge in [0.25, 0.3) is 0 Å². The summed E-state index contributed by atoms with van der Waals surface area (Å²) in [5, 5.41) is 0.831. The predicted molar refractivity (Wildman–Crippen MR) is 77.0 cm³/mol. The van der Waals surface area contributed by atoms with Crippen LogP contribution in [0.3, 0.4) is 0 Å². The fourth-order valence-electron chi connectivity index (χ4n) is 2.27. The first-order valence-electron chi connectivity index (χ1n) is 6.44. The van der Waals surface area contributed by atoms with E-state index in [-0.39, 0.29) is 6.10 Å². The zero-order chi connectivity index (χ0) is 13.8. The van der Waals surface area contributed by atoms with Crippen LogP contribution < -0.4 is 0 Å². The molecule has 1 aliphatic rings. The molecule has 1 aromatic rings. The van der Waals surface area contributed by atoms with Crippen molar-refractivity contribution in [2.75, 3.05) is 19.6 Å². The number of halogens is 2. The average Bonchev–Trinajstić information content (AvgIpc) is 2.81. The Kier molecular flexibility index (Phi) is 5.08. The zero-order valence-electron chi connectivity index (χ0n) is 10.9. The third kappa shape index (κ3) is 4.10. The number of hydrogen-bond acceptors (Lipinski definition) is 3. The van der Waals surface area contributed by atoms with Crippen molar-refractivity contribution in [1.29, 1.82) is 0 Å². The molecule has 0 radical (unpaired) electrons. The molecule has 0 unspecified atom stereocenters. The third-order valence-electron chi connectivity index (χ3n) is 3.17. The van der Waals surface area contributed by atoms with Crippen molar-refractivity contribution in [2.24, 2.45) is 0 Å². The fourth-order valence-corrected chi connectivity index (χ4v) is 2.75. The van der Waals surface area contributed by atoms with Gasteiger partial charge in [0.2, 0.25) is 0 Å². The molecule has 1 aromatic carbocycles. The Hall–Kier alpha value is -0.770. The molecule has 1 heterocycles. The summed E-state index contributed by atoms with van der Waals surface area (Å²) in [6.07, 6.45) is 2.31. The standard InChI is InChI=1S/C14H17Cl2NO2/c1-10(9-17-6-2-3-7-17)19-14(18)12-5-4-11(15)8-13(12)16/h4-5,8,10H,2-3,6-7,9H2,1H3/t10-/m0/s1. The Morgan fingerprint density at radius 1 is 1.37 bits per heavy atom. The molecule has 1 atom stereocenters. The molecule has 1 fully saturated rings. The van der Waals surface area contributed by atoms with Crippen LogP contribution in [0.1, 0.15) is 30.1 Å². The van der Waals surface area contributed by atoms with E-state index in [0.717, 1.165) is 19.6 Å². The summed E-state index contributed by atoms with van der Waals surface area (Å²) in [6, 6.07) is 4.77. The lowest BCUT2D eigenvalue weighted by molar-refractivity contribution is 0.0271. The van der Waals surface area contributed by atoms with Crippen LogP contribution in [0.5, 0.6) is 0 Å². The van der Waals surface area contributed by atoms with E-state index >= 15 is 0 Å². The van der Waals surface area contributed by atoms with Crippen LogP contribution in [0.4, 0.5) is 0 Å². The van der Waals surface area contributed by atoms with Crippen molar-refractivity contribution in [3.8, 4) is 0 Å². The van der Waals surface area contributed by atoms with Crippen LogP contribution in [0, 0.1) is 0 Å². The first-order chi connectivity index (χ1) is 9.06. The number of benzene rings is 1. The van der Waals surface area contributed by atoms with Crippen molar-refractivity contribution in [1.82, 2.24) is 4.90 Å². The largest absolute Gasteiger partial charge is 0.458 e. The maximum absolute atomic E-state index is 12.0. The maximum Gasteiger partial charge on any atom is 0.339 e. The van der Waals surface area contributed by atoms with Gasteiger partial charge in [-0.2, -0.15) is 0 Å². The molecule has 0 amide bonds. The van der Waals surface area contributed by atoms with Gasteiger partial charge in [-0.05, 0) is 51.1 Å². The number of carbonyl (C=O) groups excluding carboxylic acids is 1. The smallest absolute Gasteiger partial charge is 0.339 e. The van der Waals surface area contributed by atoms with Gasteiger partial charge in [0.15, 0.2) is 0 Å². The van der Waals surface area contributed by atoms with Gasteiger partial charge >= 0.3 is 5.97 Å². The molecule has 0 bridgehead atoms. The van der Waals surface area contributed by atoms with Gasteiger partial charge in [-0.15, -0.1) is 0 Å². The maximum atomic E-state index is 12.0. The molecule has 0 aromatic heterocycles. The molecule has 1 aliphatic heterocycles. The molecule has 1 saturated heterocycles. The second-order valence-electron chi connectivity index (χ2n) is 4.85. The van der Waals surface area contributed by atoms with Crippen LogP contribution in [0.2, 0.25) is 10.0 Å². The Morgan fingerprint density at radius 3 is 2.68 bits per heavy atom. The Morgan fingerprint density at radius 2 is 2.05 bits per heavy atom. The second-order valence-corrected chi connectivity index (χ2v) is 5.69. The highest BCUT2D eigenvalue weighted by atomic mass is 35.5. The van der Waals surface area contributed by atoms with Gasteiger partial charge in [-0.3, -0.25) is 4.90 Å². The predicted octanol–water partition coefficient (Wildman–Crippen LogP) is 3.63. The molecular weight excluding hydrogens is 285 g/mol. The second kappa shape index (κ2) is 6.60. The number of hydrogen-bond donors (Lipinski definition) is 0. The average molecular weight is 302 g/mol. The zero-order valence-corrected chi connectivity index (χ0v) is 12.4. The molecule has 2 rings (SSSR count). The summed E-state index contributed by atoms with van der Waals surface area (Å²) >= 11 is 11.8. The normalized spacial score (nSPS) is 17.4. The van der Waals surface area contributed by atoms with E-state index in [1.54, 1.807) is 18.2 Å². The Bertz CT molecular complexity index is 459. The van der Waals surface area contributed by atoms with E-state index in [2.05, 4.69) is 4.90 Å². The number of likely N-dealkylation sites (tertiary alicyclic amines) is 1. The van der Waals surface area contributed by atoms with E-state index in [1.165, 1.54) is 12.8 Å². The fraction of sp³-hybridized carbons (Fsp3) is 0.500. The van der Waals surface area contributed by atoms with E-state index in [1.807, 2.05) is 6.92 Å². The summed E-state index contributed by atoms with van der Waals surface area (Å²) < 4.78 is 5.41. The lowest BCUT2D eigenvalue weighted by atomic mass is 10.2. The molecule has 0 N–H and O–H groups in total. The summed E-state index contributed by atoms with van der Waals surface area (Å²) in [4.78, 5) is 14.3. The summed E-state index contributed by atoms with van der Waals surface area (Å²) in [6.45, 7) is 4.85. The van der Waals surface area contributed by atoms with Gasteiger partial charge in [0, 0.05) is 11.6 Å². The number of esters is 1. The summed E-state index contributed by atoms with van der Waals surface area (Å²) in [5.74, 6) is -0.395. The monoisotopic (exact) mass is 301 g/mol. The van der Waals surface area contributed by atoms with Crippen LogP contribution in [0.25, 0.3) is 0 Å². The molecule has 5 heteroatoms. The Balaban J connectivity index is 1.92. The highest BCUT2D eigenvalue weighted by Gasteiger charge is 2.19. The van der Waals surface area contributed by atoms with Gasteiger partial charge in [0.1, 0.15) is 6.10 Å². The van der Waals surface area contributed by atoms with E-state index in [9.17, 15) is 4.79 Å². The Labute approximate surface area is 123 Å². The first-order valence-corrected chi connectivity index (χ1v) is 7.20. The van der Waals surface area contributed by atoms with E-state index in [0.29, 0.717) is 15.6 Å². The van der Waals surface area contributed by atoms with Gasteiger partial charge in [0.05, 0.1) is 10.6 Å².